The van der Waals surface area contributed by atoms with Crippen LogP contribution in [-0.2, 0) is 19.1 Å². The van der Waals surface area contributed by atoms with Crippen LogP contribution in [0.3, 0.4) is 0 Å². The van der Waals surface area contributed by atoms with E-state index in [1.54, 1.807) is 38.1 Å². The third kappa shape index (κ3) is 2.91. The van der Waals surface area contributed by atoms with E-state index in [9.17, 15) is 9.59 Å². The lowest BCUT2D eigenvalue weighted by atomic mass is 10.0. The van der Waals surface area contributed by atoms with Crippen LogP contribution in [0.25, 0.3) is 11.1 Å². The van der Waals surface area contributed by atoms with Crippen LogP contribution in [0.4, 0.5) is 0 Å². The van der Waals surface area contributed by atoms with Gasteiger partial charge >= 0.3 is 17.7 Å². The van der Waals surface area contributed by atoms with Crippen LogP contribution in [0, 0.1) is 0 Å². The lowest BCUT2D eigenvalue weighted by Crippen LogP contribution is -2.58. The van der Waals surface area contributed by atoms with E-state index in [1.165, 1.54) is 0 Å². The van der Waals surface area contributed by atoms with Gasteiger partial charge in [0, 0.05) is 11.1 Å². The molecule has 6 nitrogen and oxygen atoms in total. The number of ether oxygens (including phenoxy) is 4. The third-order valence-corrected chi connectivity index (χ3v) is 3.66. The molecule has 1 heterocycles. The maximum atomic E-state index is 12.6. The molecule has 3 rings (SSSR count). The van der Waals surface area contributed by atoms with E-state index < -0.39 is 17.7 Å². The summed E-state index contributed by atoms with van der Waals surface area (Å²) < 4.78 is 21.7. The maximum absolute atomic E-state index is 12.6. The van der Waals surface area contributed by atoms with E-state index >= 15 is 0 Å². The molecule has 0 atom stereocenters. The summed E-state index contributed by atoms with van der Waals surface area (Å²) in [5, 5.41) is 0. The van der Waals surface area contributed by atoms with Crippen molar-refractivity contribution in [3.05, 3.63) is 48.5 Å². The van der Waals surface area contributed by atoms with Gasteiger partial charge in [0.05, 0.1) is 13.2 Å². The average molecular weight is 342 g/mol. The number of para-hydroxylation sites is 2. The van der Waals surface area contributed by atoms with Gasteiger partial charge in [0.15, 0.2) is 0 Å². The first kappa shape index (κ1) is 16.8. The van der Waals surface area contributed by atoms with Crippen molar-refractivity contribution in [1.82, 2.24) is 0 Å². The van der Waals surface area contributed by atoms with Crippen LogP contribution >= 0.6 is 0 Å². The molecule has 0 unspecified atom stereocenters. The Morgan fingerprint density at radius 3 is 1.60 bits per heavy atom. The van der Waals surface area contributed by atoms with Crippen LogP contribution in [0.15, 0.2) is 48.5 Å². The monoisotopic (exact) mass is 342 g/mol. The molecule has 0 aliphatic carbocycles. The molecule has 0 spiro atoms. The van der Waals surface area contributed by atoms with Gasteiger partial charge in [0.25, 0.3) is 0 Å². The van der Waals surface area contributed by atoms with Gasteiger partial charge in [-0.2, -0.15) is 0 Å². The van der Waals surface area contributed by atoms with E-state index in [1.807, 2.05) is 24.3 Å². The molecule has 2 aromatic rings. The highest BCUT2D eigenvalue weighted by Gasteiger charge is 2.57. The summed E-state index contributed by atoms with van der Waals surface area (Å²) in [6.45, 7) is 3.40. The molecule has 0 bridgehead atoms. The van der Waals surface area contributed by atoms with E-state index in [2.05, 4.69) is 0 Å². The van der Waals surface area contributed by atoms with Crippen molar-refractivity contribution in [3.8, 4) is 22.6 Å². The maximum Gasteiger partial charge on any atom is 0.453 e. The van der Waals surface area contributed by atoms with Crippen molar-refractivity contribution in [2.45, 2.75) is 19.6 Å². The molecule has 2 aromatic carbocycles. The Morgan fingerprint density at radius 1 is 0.800 bits per heavy atom. The van der Waals surface area contributed by atoms with Crippen molar-refractivity contribution in [2.75, 3.05) is 13.2 Å². The lowest BCUT2D eigenvalue weighted by Gasteiger charge is -2.28. The molecular weight excluding hydrogens is 324 g/mol. The molecule has 6 heteroatoms. The molecular formula is C19H18O6. The summed E-state index contributed by atoms with van der Waals surface area (Å²) in [6, 6.07) is 14.1. The van der Waals surface area contributed by atoms with Crippen LogP contribution in [0.2, 0.25) is 0 Å². The number of benzene rings is 2. The topological polar surface area (TPSA) is 71.1 Å². The van der Waals surface area contributed by atoms with E-state index in [-0.39, 0.29) is 13.2 Å². The summed E-state index contributed by atoms with van der Waals surface area (Å²) in [5.74, 6) is -3.61. The zero-order chi connectivity index (χ0) is 17.9. The largest absolute Gasteiger partial charge is 0.460 e. The smallest absolute Gasteiger partial charge is 0.453 e. The molecule has 0 fully saturated rings. The number of carbonyl (C=O) groups is 2. The molecule has 1 aliphatic heterocycles. The predicted octanol–water partition coefficient (Wildman–Crippen LogP) is 2.95. The summed E-state index contributed by atoms with van der Waals surface area (Å²) >= 11 is 0. The molecule has 0 saturated carbocycles. The van der Waals surface area contributed by atoms with E-state index in [4.69, 9.17) is 18.9 Å². The Kier molecular flexibility index (Phi) is 4.61. The van der Waals surface area contributed by atoms with Crippen molar-refractivity contribution >= 4 is 11.9 Å². The minimum Gasteiger partial charge on any atom is -0.460 e. The summed E-state index contributed by atoms with van der Waals surface area (Å²) in [4.78, 5) is 25.3. The number of fused-ring (bicyclic) bond motifs is 3. The van der Waals surface area contributed by atoms with Gasteiger partial charge in [-0.25, -0.2) is 9.59 Å². The molecule has 0 aromatic heterocycles. The zero-order valence-electron chi connectivity index (χ0n) is 14.0. The average Bonchev–Trinajstić information content (AvgIpc) is 2.77. The highest BCUT2D eigenvalue weighted by molar-refractivity contribution is 6.03. The minimum atomic E-state index is -2.35. The third-order valence-electron chi connectivity index (χ3n) is 3.66. The highest BCUT2D eigenvalue weighted by atomic mass is 16.8. The molecule has 0 N–H and O–H groups in total. The second kappa shape index (κ2) is 6.84. The lowest BCUT2D eigenvalue weighted by molar-refractivity contribution is -0.208. The minimum absolute atomic E-state index is 0.0655. The van der Waals surface area contributed by atoms with Gasteiger partial charge in [0.2, 0.25) is 0 Å². The van der Waals surface area contributed by atoms with Crippen molar-refractivity contribution < 1.29 is 28.5 Å². The fraction of sp³-hybridized carbons (Fsp3) is 0.263. The Bertz CT molecular complexity index is 731. The van der Waals surface area contributed by atoms with Gasteiger partial charge in [0.1, 0.15) is 11.5 Å². The number of hydrogen-bond acceptors (Lipinski definition) is 6. The molecule has 0 amide bonds. The quantitative estimate of drug-likeness (QED) is 0.628. The number of esters is 2. The standard InChI is InChI=1S/C19H18O6/c1-3-22-17(20)19(18(21)23-4-2)24-15-11-7-5-9-13(15)14-10-6-8-12-16(14)25-19/h5-12H,3-4H2,1-2H3. The summed E-state index contributed by atoms with van der Waals surface area (Å²) in [7, 11) is 0. The molecule has 25 heavy (non-hydrogen) atoms. The normalized spacial score (nSPS) is 14.0. The first-order valence-corrected chi connectivity index (χ1v) is 8.03. The first-order chi connectivity index (χ1) is 12.1. The fourth-order valence-corrected chi connectivity index (χ4v) is 2.59. The van der Waals surface area contributed by atoms with Crippen LogP contribution in [-0.4, -0.2) is 30.9 Å². The van der Waals surface area contributed by atoms with E-state index in [0.717, 1.165) is 0 Å². The van der Waals surface area contributed by atoms with Crippen molar-refractivity contribution in [3.63, 3.8) is 0 Å². The number of hydrogen-bond donors (Lipinski definition) is 0. The molecule has 0 radical (unpaired) electrons. The SMILES string of the molecule is CCOC(=O)C1(C(=O)OCC)Oc2ccccc2-c2ccccc2O1. The fourth-order valence-electron chi connectivity index (χ4n) is 2.59. The van der Waals surface area contributed by atoms with Gasteiger partial charge in [-0.15, -0.1) is 0 Å². The Morgan fingerprint density at radius 2 is 1.20 bits per heavy atom. The molecule has 130 valence electrons. The molecule has 1 aliphatic rings. The Balaban J connectivity index is 2.21. The molecule has 0 saturated heterocycles. The number of carbonyl (C=O) groups excluding carboxylic acids is 2. The van der Waals surface area contributed by atoms with Crippen LogP contribution in [0.5, 0.6) is 11.5 Å². The van der Waals surface area contributed by atoms with Crippen LogP contribution in [0.1, 0.15) is 13.8 Å². The van der Waals surface area contributed by atoms with E-state index in [0.29, 0.717) is 22.6 Å². The van der Waals surface area contributed by atoms with Gasteiger partial charge in [-0.3, -0.25) is 0 Å². The van der Waals surface area contributed by atoms with Crippen molar-refractivity contribution in [2.24, 2.45) is 0 Å². The van der Waals surface area contributed by atoms with Gasteiger partial charge < -0.3 is 18.9 Å². The second-order valence-electron chi connectivity index (χ2n) is 5.25. The Hall–Kier alpha value is -3.02. The summed E-state index contributed by atoms with van der Waals surface area (Å²) in [5.41, 5.74) is 1.40. The predicted molar refractivity (Wildman–Crippen MR) is 89.1 cm³/mol. The highest BCUT2D eigenvalue weighted by Crippen LogP contribution is 2.42. The summed E-state index contributed by atoms with van der Waals surface area (Å²) in [6.07, 6.45) is 0. The Labute approximate surface area is 145 Å². The van der Waals surface area contributed by atoms with Gasteiger partial charge in [-0.1, -0.05) is 36.4 Å². The van der Waals surface area contributed by atoms with Crippen LogP contribution < -0.4 is 9.47 Å². The van der Waals surface area contributed by atoms with Gasteiger partial charge in [-0.05, 0) is 26.0 Å². The second-order valence-corrected chi connectivity index (χ2v) is 5.25. The zero-order valence-corrected chi connectivity index (χ0v) is 14.0. The first-order valence-electron chi connectivity index (χ1n) is 8.03. The van der Waals surface area contributed by atoms with Crippen molar-refractivity contribution in [1.29, 1.82) is 0 Å². The number of rotatable bonds is 4.